The zero-order chi connectivity index (χ0) is 28.3. The van der Waals surface area contributed by atoms with Crippen molar-refractivity contribution in [2.75, 3.05) is 20.2 Å². The molecular weight excluding hydrogens is 516 g/mol. The Bertz CT molecular complexity index is 1100. The summed E-state index contributed by atoms with van der Waals surface area (Å²) in [5, 5.41) is 1.73. The molecule has 0 spiro atoms. The van der Waals surface area contributed by atoms with Crippen LogP contribution in [0.25, 0.3) is 10.9 Å². The smallest absolute Gasteiger partial charge is 0.410 e. The van der Waals surface area contributed by atoms with Crippen LogP contribution in [0.5, 0.6) is 5.75 Å². The van der Waals surface area contributed by atoms with Gasteiger partial charge in [-0.05, 0) is 101 Å². The zero-order valence-electron chi connectivity index (χ0n) is 24.7. The first-order valence-electron chi connectivity index (χ1n) is 13.7. The van der Waals surface area contributed by atoms with E-state index in [1.807, 2.05) is 43.9 Å². The van der Waals surface area contributed by atoms with Crippen molar-refractivity contribution in [2.24, 2.45) is 10.8 Å². The number of hydrogen-bond acceptors (Lipinski definition) is 5. The maximum absolute atomic E-state index is 12.8. The minimum atomic E-state index is -0.922. The number of methoxy groups -OCH3 is 1. The van der Waals surface area contributed by atoms with E-state index in [0.717, 1.165) is 54.3 Å². The van der Waals surface area contributed by atoms with Crippen LogP contribution in [0.3, 0.4) is 0 Å². The molecule has 1 saturated heterocycles. The highest BCUT2D eigenvalue weighted by Gasteiger charge is 2.48. The fraction of sp³-hybridized carbons (Fsp3) is 0.667. The molecule has 211 valence electrons. The number of fused-ring (bicyclic) bond motifs is 1. The fourth-order valence-electron chi connectivity index (χ4n) is 5.76. The summed E-state index contributed by atoms with van der Waals surface area (Å²) in [5.74, 6) is 0.801. The van der Waals surface area contributed by atoms with E-state index in [0.29, 0.717) is 18.1 Å². The third-order valence-electron chi connectivity index (χ3n) is 7.34. The van der Waals surface area contributed by atoms with E-state index in [9.17, 15) is 4.79 Å². The molecule has 0 aliphatic carbocycles. The first kappa shape index (κ1) is 30.7. The van der Waals surface area contributed by atoms with Gasteiger partial charge in [0.05, 0.1) is 23.8 Å². The number of likely N-dealkylation sites (tertiary alicyclic amines) is 1. The summed E-state index contributed by atoms with van der Waals surface area (Å²) in [4.78, 5) is 19.2. The number of amides is 1. The zero-order valence-corrected chi connectivity index (χ0v) is 26.5. The number of ether oxygens (including phenoxy) is 2. The maximum Gasteiger partial charge on any atom is 0.410 e. The van der Waals surface area contributed by atoms with Gasteiger partial charge in [-0.1, -0.05) is 32.4 Å². The van der Waals surface area contributed by atoms with Crippen LogP contribution < -0.4 is 4.74 Å². The lowest BCUT2D eigenvalue weighted by molar-refractivity contribution is -0.0735. The molecule has 6 nitrogen and oxygen atoms in total. The minimum Gasteiger partial charge on any atom is -0.497 e. The number of carbonyl (C=O) groups excluding carboxylic acids is 1. The normalized spacial score (nSPS) is 17.1. The lowest BCUT2D eigenvalue weighted by atomic mass is 9.63. The molecule has 8 heteroatoms. The van der Waals surface area contributed by atoms with Gasteiger partial charge in [-0.3, -0.25) is 4.98 Å². The molecule has 1 aliphatic rings. The number of aromatic nitrogens is 1. The Kier molecular flexibility index (Phi) is 9.80. The van der Waals surface area contributed by atoms with Gasteiger partial charge in [0.15, 0.2) is 0 Å². The number of aryl methyl sites for hydroxylation is 1. The van der Waals surface area contributed by atoms with E-state index in [-0.39, 0.29) is 23.0 Å². The highest BCUT2D eigenvalue weighted by Crippen LogP contribution is 2.48. The Balaban J connectivity index is 1.86. The van der Waals surface area contributed by atoms with Crippen molar-refractivity contribution in [1.29, 1.82) is 0 Å². The summed E-state index contributed by atoms with van der Waals surface area (Å²) in [6.07, 6.45) is 6.22. The van der Waals surface area contributed by atoms with Crippen LogP contribution in [0.2, 0.25) is 18.1 Å². The number of piperidine rings is 1. The summed E-state index contributed by atoms with van der Waals surface area (Å²) in [6.45, 7) is 18.4. The van der Waals surface area contributed by atoms with Crippen molar-refractivity contribution in [3.63, 3.8) is 0 Å². The Morgan fingerprint density at radius 3 is 2.37 bits per heavy atom. The summed E-state index contributed by atoms with van der Waals surface area (Å²) in [6, 6.07) is 5.94. The molecule has 3 rings (SSSR count). The van der Waals surface area contributed by atoms with Crippen molar-refractivity contribution >= 4 is 37.6 Å². The number of halogens is 1. The van der Waals surface area contributed by atoms with Gasteiger partial charge in [-0.25, -0.2) is 4.79 Å². The number of carbonyl (C=O) groups is 1. The lowest BCUT2D eigenvalue weighted by Crippen LogP contribution is -2.54. The number of hydrogen-bond donors (Lipinski definition) is 0. The summed E-state index contributed by atoms with van der Waals surface area (Å²) in [7, 11) is 0.754. The van der Waals surface area contributed by atoms with E-state index < -0.39 is 14.6 Å². The SMILES string of the molecule is COc1ccc2ncc(Cl)c(CCCC3(C(O[Si](C)C)C(C)(C)C)CCN(C(=O)OC(C)(C)C)CC3)c2c1. The van der Waals surface area contributed by atoms with Crippen LogP contribution in [0.15, 0.2) is 24.4 Å². The molecule has 1 amide bonds. The number of nitrogens with zero attached hydrogens (tertiary/aromatic N) is 2. The minimum absolute atomic E-state index is 0.0234. The van der Waals surface area contributed by atoms with Gasteiger partial charge in [0, 0.05) is 24.7 Å². The van der Waals surface area contributed by atoms with Crippen LogP contribution in [-0.2, 0) is 15.6 Å². The van der Waals surface area contributed by atoms with Crippen LogP contribution in [0.1, 0.15) is 72.8 Å². The van der Waals surface area contributed by atoms with E-state index in [4.69, 9.17) is 25.5 Å². The molecule has 1 aromatic carbocycles. The Morgan fingerprint density at radius 2 is 1.82 bits per heavy atom. The van der Waals surface area contributed by atoms with E-state index in [1.54, 1.807) is 13.3 Å². The maximum atomic E-state index is 12.8. The molecular formula is C30H46ClN2O4Si. The Hall–Kier alpha value is -1.83. The number of pyridine rings is 1. The van der Waals surface area contributed by atoms with Crippen LogP contribution in [0.4, 0.5) is 4.79 Å². The lowest BCUT2D eigenvalue weighted by Gasteiger charge is -2.51. The molecule has 1 fully saturated rings. The van der Waals surface area contributed by atoms with E-state index in [1.165, 1.54) is 0 Å². The van der Waals surface area contributed by atoms with E-state index >= 15 is 0 Å². The standard InChI is InChI=1S/C30H46ClN2O4Si/c1-28(2,3)26(37-38(8)9)30(15-17-33(18-16-30)27(34)36-29(4,5)6)14-10-11-22-23-19-21(35-7)12-13-25(23)32-20-24(22)31/h12-13,19-20,26H,10-11,14-18H2,1-9H3. The van der Waals surface area contributed by atoms with Gasteiger partial charge in [0.1, 0.15) is 11.4 Å². The monoisotopic (exact) mass is 561 g/mol. The van der Waals surface area contributed by atoms with Crippen molar-refractivity contribution in [1.82, 2.24) is 9.88 Å². The molecule has 1 atom stereocenters. The van der Waals surface area contributed by atoms with Crippen molar-refractivity contribution in [3.8, 4) is 5.75 Å². The molecule has 1 aromatic heterocycles. The third kappa shape index (κ3) is 7.63. The van der Waals surface area contributed by atoms with E-state index in [2.05, 4.69) is 38.8 Å². The molecule has 0 N–H and O–H groups in total. The summed E-state index contributed by atoms with van der Waals surface area (Å²) < 4.78 is 17.9. The predicted molar refractivity (Wildman–Crippen MR) is 158 cm³/mol. The number of benzene rings is 1. The first-order chi connectivity index (χ1) is 17.6. The molecule has 1 unspecified atom stereocenters. The van der Waals surface area contributed by atoms with Gasteiger partial charge in [0.2, 0.25) is 9.04 Å². The second kappa shape index (κ2) is 12.1. The number of rotatable bonds is 8. The molecule has 0 saturated carbocycles. The predicted octanol–water partition coefficient (Wildman–Crippen LogP) is 7.92. The Morgan fingerprint density at radius 1 is 1.16 bits per heavy atom. The average molecular weight is 562 g/mol. The molecule has 38 heavy (non-hydrogen) atoms. The van der Waals surface area contributed by atoms with Gasteiger partial charge in [-0.2, -0.15) is 0 Å². The van der Waals surface area contributed by atoms with Gasteiger partial charge in [0.25, 0.3) is 0 Å². The molecule has 1 aliphatic heterocycles. The van der Waals surface area contributed by atoms with Crippen molar-refractivity contribution in [2.45, 2.75) is 98.4 Å². The molecule has 2 aromatic rings. The Labute approximate surface area is 236 Å². The second-order valence-corrected chi connectivity index (χ2v) is 15.4. The van der Waals surface area contributed by atoms with Crippen LogP contribution in [0, 0.1) is 10.8 Å². The fourth-order valence-corrected chi connectivity index (χ4v) is 7.08. The quantitative estimate of drug-likeness (QED) is 0.306. The van der Waals surface area contributed by atoms with Crippen molar-refractivity contribution in [3.05, 3.63) is 35.0 Å². The first-order valence-corrected chi connectivity index (χ1v) is 16.5. The summed E-state index contributed by atoms with van der Waals surface area (Å²) in [5.41, 5.74) is 1.47. The summed E-state index contributed by atoms with van der Waals surface area (Å²) >= 11 is 6.68. The van der Waals surface area contributed by atoms with Crippen LogP contribution in [-0.4, -0.2) is 56.9 Å². The highest BCUT2D eigenvalue weighted by atomic mass is 35.5. The topological polar surface area (TPSA) is 60.9 Å². The molecule has 0 bridgehead atoms. The molecule has 1 radical (unpaired) electrons. The third-order valence-corrected chi connectivity index (χ3v) is 8.38. The average Bonchev–Trinajstić information content (AvgIpc) is 2.82. The van der Waals surface area contributed by atoms with Crippen molar-refractivity contribution < 1.29 is 18.7 Å². The van der Waals surface area contributed by atoms with Gasteiger partial charge in [-0.15, -0.1) is 0 Å². The van der Waals surface area contributed by atoms with Gasteiger partial charge >= 0.3 is 6.09 Å². The van der Waals surface area contributed by atoms with Gasteiger partial charge < -0.3 is 18.8 Å². The molecule has 2 heterocycles. The highest BCUT2D eigenvalue weighted by molar-refractivity contribution is 6.48. The largest absolute Gasteiger partial charge is 0.497 e. The van der Waals surface area contributed by atoms with Crippen LogP contribution >= 0.6 is 11.6 Å². The second-order valence-electron chi connectivity index (χ2n) is 12.9.